The molecule has 0 aliphatic carbocycles. The highest BCUT2D eigenvalue weighted by Crippen LogP contribution is 2.13. The SMILES string of the molecule is CC(C)OCCCCNS(=O)(=O)c1ccc(O)cc1. The number of ether oxygens (including phenoxy) is 1. The largest absolute Gasteiger partial charge is 0.508 e. The van der Waals surface area contributed by atoms with Gasteiger partial charge in [0.2, 0.25) is 10.0 Å². The number of unbranched alkanes of at least 4 members (excludes halogenated alkanes) is 1. The molecular weight excluding hydrogens is 266 g/mol. The van der Waals surface area contributed by atoms with E-state index in [4.69, 9.17) is 9.84 Å². The molecule has 0 fully saturated rings. The Kier molecular flexibility index (Phi) is 6.27. The van der Waals surface area contributed by atoms with Crippen LogP contribution in [0.3, 0.4) is 0 Å². The predicted molar refractivity (Wildman–Crippen MR) is 73.6 cm³/mol. The number of phenolic OH excluding ortho intramolecular Hbond substituents is 1. The average molecular weight is 287 g/mol. The lowest BCUT2D eigenvalue weighted by Crippen LogP contribution is -2.25. The maximum atomic E-state index is 11.9. The quantitative estimate of drug-likeness (QED) is 0.716. The molecular formula is C13H21NO4S. The fourth-order valence-electron chi connectivity index (χ4n) is 1.46. The van der Waals surface area contributed by atoms with Gasteiger partial charge in [0.1, 0.15) is 5.75 Å². The fraction of sp³-hybridized carbons (Fsp3) is 0.538. The van der Waals surface area contributed by atoms with Crippen molar-refractivity contribution in [2.75, 3.05) is 13.2 Å². The van der Waals surface area contributed by atoms with Gasteiger partial charge >= 0.3 is 0 Å². The minimum absolute atomic E-state index is 0.0461. The molecule has 0 bridgehead atoms. The molecule has 0 radical (unpaired) electrons. The summed E-state index contributed by atoms with van der Waals surface area (Å²) in [5.74, 6) is 0.0461. The van der Waals surface area contributed by atoms with Crippen LogP contribution in [-0.2, 0) is 14.8 Å². The van der Waals surface area contributed by atoms with E-state index in [1.54, 1.807) is 0 Å². The summed E-state index contributed by atoms with van der Waals surface area (Å²) >= 11 is 0. The standard InChI is InChI=1S/C13H21NO4S/c1-11(2)18-10-4-3-9-14-19(16,17)13-7-5-12(15)6-8-13/h5-8,11,14-15H,3-4,9-10H2,1-2H3. The summed E-state index contributed by atoms with van der Waals surface area (Å²) in [6.45, 7) is 4.95. The van der Waals surface area contributed by atoms with Crippen molar-refractivity contribution in [1.29, 1.82) is 0 Å². The Labute approximate surface area is 114 Å². The van der Waals surface area contributed by atoms with Crippen molar-refractivity contribution in [1.82, 2.24) is 4.72 Å². The summed E-state index contributed by atoms with van der Waals surface area (Å²) < 4.78 is 31.6. The monoisotopic (exact) mass is 287 g/mol. The molecule has 2 N–H and O–H groups in total. The molecule has 0 heterocycles. The zero-order valence-electron chi connectivity index (χ0n) is 11.3. The van der Waals surface area contributed by atoms with E-state index in [0.717, 1.165) is 12.8 Å². The van der Waals surface area contributed by atoms with E-state index < -0.39 is 10.0 Å². The second-order valence-electron chi connectivity index (χ2n) is 4.52. The summed E-state index contributed by atoms with van der Waals surface area (Å²) in [7, 11) is -3.48. The molecule has 0 spiro atoms. The first kappa shape index (κ1) is 15.9. The summed E-state index contributed by atoms with van der Waals surface area (Å²) in [4.78, 5) is 0.156. The number of hydrogen-bond acceptors (Lipinski definition) is 4. The molecule has 0 unspecified atom stereocenters. The van der Waals surface area contributed by atoms with Gasteiger partial charge in [-0.25, -0.2) is 13.1 Å². The number of rotatable bonds is 8. The maximum Gasteiger partial charge on any atom is 0.240 e. The van der Waals surface area contributed by atoms with E-state index in [-0.39, 0.29) is 16.7 Å². The second kappa shape index (κ2) is 7.47. The molecule has 1 aromatic rings. The first-order chi connectivity index (χ1) is 8.92. The van der Waals surface area contributed by atoms with Gasteiger partial charge in [-0.1, -0.05) is 0 Å². The molecule has 0 saturated heterocycles. The van der Waals surface area contributed by atoms with Gasteiger partial charge < -0.3 is 9.84 Å². The van der Waals surface area contributed by atoms with Crippen molar-refractivity contribution in [3.05, 3.63) is 24.3 Å². The van der Waals surface area contributed by atoms with Gasteiger partial charge in [0.25, 0.3) is 0 Å². The number of sulfonamides is 1. The van der Waals surface area contributed by atoms with Crippen LogP contribution < -0.4 is 4.72 Å². The third-order valence-electron chi connectivity index (χ3n) is 2.46. The molecule has 5 nitrogen and oxygen atoms in total. The van der Waals surface area contributed by atoms with Gasteiger partial charge in [0.15, 0.2) is 0 Å². The molecule has 108 valence electrons. The van der Waals surface area contributed by atoms with Crippen molar-refractivity contribution in [2.45, 2.75) is 37.7 Å². The summed E-state index contributed by atoms with van der Waals surface area (Å²) in [6, 6.07) is 5.45. The Morgan fingerprint density at radius 2 is 1.84 bits per heavy atom. The van der Waals surface area contributed by atoms with Crippen LogP contribution >= 0.6 is 0 Å². The predicted octanol–water partition coefficient (Wildman–Crippen LogP) is 1.88. The molecule has 0 aliphatic heterocycles. The normalized spacial score (nSPS) is 11.9. The van der Waals surface area contributed by atoms with Crippen molar-refractivity contribution < 1.29 is 18.3 Å². The van der Waals surface area contributed by atoms with Crippen molar-refractivity contribution in [3.8, 4) is 5.75 Å². The van der Waals surface area contributed by atoms with Gasteiger partial charge in [-0.05, 0) is 51.0 Å². The Bertz CT molecular complexity index is 468. The van der Waals surface area contributed by atoms with Crippen molar-refractivity contribution in [2.24, 2.45) is 0 Å². The first-order valence-corrected chi connectivity index (χ1v) is 7.80. The Balaban J connectivity index is 2.33. The van der Waals surface area contributed by atoms with E-state index in [0.29, 0.717) is 13.2 Å². The summed E-state index contributed by atoms with van der Waals surface area (Å²) in [6.07, 6.45) is 1.74. The zero-order valence-corrected chi connectivity index (χ0v) is 12.1. The van der Waals surface area contributed by atoms with Crippen LogP contribution in [0.4, 0.5) is 0 Å². The van der Waals surface area contributed by atoms with E-state index >= 15 is 0 Å². The van der Waals surface area contributed by atoms with Crippen LogP contribution in [0.5, 0.6) is 5.75 Å². The van der Waals surface area contributed by atoms with Gasteiger partial charge in [0, 0.05) is 13.2 Å². The molecule has 0 saturated carbocycles. The van der Waals surface area contributed by atoms with Gasteiger partial charge in [0.05, 0.1) is 11.0 Å². The molecule has 0 atom stereocenters. The highest BCUT2D eigenvalue weighted by molar-refractivity contribution is 7.89. The highest BCUT2D eigenvalue weighted by atomic mass is 32.2. The van der Waals surface area contributed by atoms with E-state index in [2.05, 4.69) is 4.72 Å². The summed E-state index contributed by atoms with van der Waals surface area (Å²) in [5, 5.41) is 9.11. The van der Waals surface area contributed by atoms with Crippen molar-refractivity contribution in [3.63, 3.8) is 0 Å². The number of hydrogen-bond donors (Lipinski definition) is 2. The maximum absolute atomic E-state index is 11.9. The lowest BCUT2D eigenvalue weighted by molar-refractivity contribution is 0.0762. The Hall–Kier alpha value is -1.11. The first-order valence-electron chi connectivity index (χ1n) is 6.32. The fourth-order valence-corrected chi connectivity index (χ4v) is 2.54. The zero-order chi connectivity index (χ0) is 14.3. The minimum Gasteiger partial charge on any atom is -0.508 e. The van der Waals surface area contributed by atoms with E-state index in [1.165, 1.54) is 24.3 Å². The molecule has 19 heavy (non-hydrogen) atoms. The molecule has 1 aromatic carbocycles. The van der Waals surface area contributed by atoms with Crippen LogP contribution in [-0.4, -0.2) is 32.8 Å². The lowest BCUT2D eigenvalue weighted by Gasteiger charge is -2.08. The third-order valence-corrected chi connectivity index (χ3v) is 3.94. The molecule has 0 amide bonds. The molecule has 6 heteroatoms. The minimum atomic E-state index is -3.48. The van der Waals surface area contributed by atoms with Crippen LogP contribution in [0.2, 0.25) is 0 Å². The highest BCUT2D eigenvalue weighted by Gasteiger charge is 2.12. The van der Waals surface area contributed by atoms with E-state index in [9.17, 15) is 8.42 Å². The third kappa shape index (κ3) is 6.04. The van der Waals surface area contributed by atoms with Gasteiger partial charge in [-0.15, -0.1) is 0 Å². The van der Waals surface area contributed by atoms with Crippen molar-refractivity contribution >= 4 is 10.0 Å². The number of nitrogens with one attached hydrogen (secondary N) is 1. The van der Waals surface area contributed by atoms with Gasteiger partial charge in [-0.3, -0.25) is 0 Å². The topological polar surface area (TPSA) is 75.6 Å². The van der Waals surface area contributed by atoms with Crippen LogP contribution in [0.15, 0.2) is 29.2 Å². The number of benzene rings is 1. The molecule has 0 aromatic heterocycles. The number of phenols is 1. The average Bonchev–Trinajstić information content (AvgIpc) is 2.34. The van der Waals surface area contributed by atoms with Gasteiger partial charge in [-0.2, -0.15) is 0 Å². The van der Waals surface area contributed by atoms with Crippen LogP contribution in [0.25, 0.3) is 0 Å². The molecule has 0 aliphatic rings. The number of aromatic hydroxyl groups is 1. The second-order valence-corrected chi connectivity index (χ2v) is 6.29. The molecule has 1 rings (SSSR count). The smallest absolute Gasteiger partial charge is 0.240 e. The Morgan fingerprint density at radius 1 is 1.21 bits per heavy atom. The Morgan fingerprint density at radius 3 is 2.42 bits per heavy atom. The summed E-state index contributed by atoms with van der Waals surface area (Å²) in [5.41, 5.74) is 0. The van der Waals surface area contributed by atoms with Crippen LogP contribution in [0.1, 0.15) is 26.7 Å². The van der Waals surface area contributed by atoms with Crippen LogP contribution in [0, 0.1) is 0 Å². The lowest BCUT2D eigenvalue weighted by atomic mass is 10.3. The van der Waals surface area contributed by atoms with E-state index in [1.807, 2.05) is 13.8 Å².